The van der Waals surface area contributed by atoms with E-state index in [9.17, 15) is 0 Å². The van der Waals surface area contributed by atoms with Gasteiger partial charge in [-0.1, -0.05) is 37.3 Å². The molecule has 15 heavy (non-hydrogen) atoms. The second-order valence-corrected chi connectivity index (χ2v) is 6.61. The molecule has 0 aromatic carbocycles. The van der Waals surface area contributed by atoms with Crippen LogP contribution in [-0.2, 0) is 0 Å². The summed E-state index contributed by atoms with van der Waals surface area (Å²) in [7, 11) is 0. The summed E-state index contributed by atoms with van der Waals surface area (Å²) in [4.78, 5) is 1.22. The van der Waals surface area contributed by atoms with Gasteiger partial charge in [0.25, 0.3) is 0 Å². The summed E-state index contributed by atoms with van der Waals surface area (Å²) in [6.07, 6.45) is 8.04. The number of halogens is 2. The van der Waals surface area contributed by atoms with Crippen LogP contribution in [0.2, 0.25) is 4.34 Å². The van der Waals surface area contributed by atoms with Gasteiger partial charge in [0.2, 0.25) is 0 Å². The Hall–Kier alpha value is 0.280. The van der Waals surface area contributed by atoms with Crippen molar-refractivity contribution in [2.24, 2.45) is 5.92 Å². The minimum Gasteiger partial charge on any atom is -0.127 e. The Labute approximate surface area is 106 Å². The summed E-state index contributed by atoms with van der Waals surface area (Å²) in [5, 5.41) is 0.170. The van der Waals surface area contributed by atoms with Gasteiger partial charge in [0.1, 0.15) is 0 Å². The van der Waals surface area contributed by atoms with Gasteiger partial charge < -0.3 is 0 Å². The quantitative estimate of drug-likeness (QED) is 0.615. The highest BCUT2D eigenvalue weighted by atomic mass is 35.5. The van der Waals surface area contributed by atoms with Crippen LogP contribution in [0.4, 0.5) is 0 Å². The molecule has 1 atom stereocenters. The first-order chi connectivity index (χ1) is 7.25. The lowest BCUT2D eigenvalue weighted by Crippen LogP contribution is -1.96. The molecule has 1 heterocycles. The molecule has 1 aliphatic rings. The zero-order chi connectivity index (χ0) is 10.7. The second kappa shape index (κ2) is 5.56. The van der Waals surface area contributed by atoms with E-state index in [1.165, 1.54) is 37.0 Å². The Morgan fingerprint density at radius 2 is 2.07 bits per heavy atom. The maximum absolute atomic E-state index is 6.35. The SMILES string of the molecule is Clc1ccc(C(Cl)CCC2CCCC2)s1. The molecule has 0 aliphatic heterocycles. The molecule has 3 heteroatoms. The summed E-state index contributed by atoms with van der Waals surface area (Å²) < 4.78 is 0.844. The Morgan fingerprint density at radius 3 is 2.67 bits per heavy atom. The summed E-state index contributed by atoms with van der Waals surface area (Å²) in [6, 6.07) is 3.99. The van der Waals surface area contributed by atoms with Gasteiger partial charge in [0.15, 0.2) is 0 Å². The molecule has 1 aromatic rings. The summed E-state index contributed by atoms with van der Waals surface area (Å²) in [6.45, 7) is 0. The molecule has 0 nitrogen and oxygen atoms in total. The van der Waals surface area contributed by atoms with E-state index >= 15 is 0 Å². The zero-order valence-electron chi connectivity index (χ0n) is 8.72. The van der Waals surface area contributed by atoms with Crippen molar-refractivity contribution < 1.29 is 0 Å². The first-order valence-electron chi connectivity index (χ1n) is 5.65. The van der Waals surface area contributed by atoms with E-state index in [4.69, 9.17) is 23.2 Å². The van der Waals surface area contributed by atoms with Gasteiger partial charge in [-0.25, -0.2) is 0 Å². The Morgan fingerprint density at radius 1 is 1.33 bits per heavy atom. The Balaban J connectivity index is 1.79. The molecule has 0 spiro atoms. The van der Waals surface area contributed by atoms with Crippen LogP contribution in [0.15, 0.2) is 12.1 Å². The molecular formula is C12H16Cl2S. The van der Waals surface area contributed by atoms with Gasteiger partial charge in [-0.3, -0.25) is 0 Å². The highest BCUT2D eigenvalue weighted by Gasteiger charge is 2.17. The molecule has 84 valence electrons. The van der Waals surface area contributed by atoms with E-state index in [1.54, 1.807) is 11.3 Å². The van der Waals surface area contributed by atoms with Crippen LogP contribution >= 0.6 is 34.5 Å². The van der Waals surface area contributed by atoms with Crippen molar-refractivity contribution in [1.82, 2.24) is 0 Å². The first-order valence-corrected chi connectivity index (χ1v) is 7.28. The highest BCUT2D eigenvalue weighted by molar-refractivity contribution is 7.16. The summed E-state index contributed by atoms with van der Waals surface area (Å²) in [5.74, 6) is 0.932. The van der Waals surface area contributed by atoms with E-state index in [0.29, 0.717) is 0 Å². The molecule has 0 amide bonds. The fourth-order valence-corrected chi connectivity index (χ4v) is 3.73. The van der Waals surface area contributed by atoms with Crippen LogP contribution in [0.3, 0.4) is 0 Å². The molecule has 0 radical (unpaired) electrons. The summed E-state index contributed by atoms with van der Waals surface area (Å²) >= 11 is 13.9. The van der Waals surface area contributed by atoms with Gasteiger partial charge in [0, 0.05) is 4.88 Å². The fraction of sp³-hybridized carbons (Fsp3) is 0.667. The van der Waals surface area contributed by atoms with Gasteiger partial charge in [0.05, 0.1) is 9.71 Å². The Bertz CT molecular complexity index is 302. The molecule has 1 aliphatic carbocycles. The van der Waals surface area contributed by atoms with Crippen LogP contribution in [0.25, 0.3) is 0 Å². The minimum atomic E-state index is 0.170. The third-order valence-corrected chi connectivity index (χ3v) is 5.13. The lowest BCUT2D eigenvalue weighted by Gasteiger charge is -2.11. The van der Waals surface area contributed by atoms with Crippen LogP contribution in [0, 0.1) is 5.92 Å². The van der Waals surface area contributed by atoms with Crippen LogP contribution in [0.1, 0.15) is 48.8 Å². The third kappa shape index (κ3) is 3.37. The molecule has 1 fully saturated rings. The van der Waals surface area contributed by atoms with Crippen molar-refractivity contribution in [3.8, 4) is 0 Å². The van der Waals surface area contributed by atoms with Gasteiger partial charge in [-0.2, -0.15) is 0 Å². The molecule has 1 unspecified atom stereocenters. The first kappa shape index (κ1) is 11.8. The molecule has 0 saturated heterocycles. The van der Waals surface area contributed by atoms with E-state index in [0.717, 1.165) is 16.7 Å². The van der Waals surface area contributed by atoms with Gasteiger partial charge in [-0.05, 0) is 30.9 Å². The average molecular weight is 263 g/mol. The number of alkyl halides is 1. The van der Waals surface area contributed by atoms with Crippen molar-refractivity contribution >= 4 is 34.5 Å². The predicted octanol–water partition coefficient (Wildman–Crippen LogP) is 5.65. The zero-order valence-corrected chi connectivity index (χ0v) is 11.0. The largest absolute Gasteiger partial charge is 0.127 e. The minimum absolute atomic E-state index is 0.170. The van der Waals surface area contributed by atoms with Gasteiger partial charge in [-0.15, -0.1) is 22.9 Å². The molecule has 1 saturated carbocycles. The van der Waals surface area contributed by atoms with Crippen molar-refractivity contribution in [1.29, 1.82) is 0 Å². The monoisotopic (exact) mass is 262 g/mol. The second-order valence-electron chi connectivity index (χ2n) is 4.34. The molecular weight excluding hydrogens is 247 g/mol. The number of hydrogen-bond donors (Lipinski definition) is 0. The molecule has 0 N–H and O–H groups in total. The van der Waals surface area contributed by atoms with Crippen molar-refractivity contribution in [3.05, 3.63) is 21.3 Å². The maximum atomic E-state index is 6.35. The standard InChI is InChI=1S/C12H16Cl2S/c13-10(11-7-8-12(14)15-11)6-5-9-3-1-2-4-9/h7-10H,1-6H2. The van der Waals surface area contributed by atoms with Crippen molar-refractivity contribution in [2.45, 2.75) is 43.9 Å². The number of thiophene rings is 1. The van der Waals surface area contributed by atoms with Crippen LogP contribution in [0.5, 0.6) is 0 Å². The number of rotatable bonds is 4. The number of hydrogen-bond acceptors (Lipinski definition) is 1. The summed E-state index contributed by atoms with van der Waals surface area (Å²) in [5.41, 5.74) is 0. The predicted molar refractivity (Wildman–Crippen MR) is 69.1 cm³/mol. The molecule has 1 aromatic heterocycles. The topological polar surface area (TPSA) is 0 Å². The Kier molecular flexibility index (Phi) is 4.36. The smallest absolute Gasteiger partial charge is 0.0931 e. The van der Waals surface area contributed by atoms with Crippen LogP contribution in [-0.4, -0.2) is 0 Å². The van der Waals surface area contributed by atoms with Crippen molar-refractivity contribution in [3.63, 3.8) is 0 Å². The van der Waals surface area contributed by atoms with E-state index in [-0.39, 0.29) is 5.38 Å². The van der Waals surface area contributed by atoms with Gasteiger partial charge >= 0.3 is 0 Å². The fourth-order valence-electron chi connectivity index (χ4n) is 2.32. The van der Waals surface area contributed by atoms with E-state index in [2.05, 4.69) is 6.07 Å². The third-order valence-electron chi connectivity index (χ3n) is 3.21. The maximum Gasteiger partial charge on any atom is 0.0931 e. The van der Waals surface area contributed by atoms with Crippen LogP contribution < -0.4 is 0 Å². The lowest BCUT2D eigenvalue weighted by molar-refractivity contribution is 0.481. The van der Waals surface area contributed by atoms with Crippen molar-refractivity contribution in [2.75, 3.05) is 0 Å². The molecule has 0 bridgehead atoms. The molecule has 2 rings (SSSR count). The van der Waals surface area contributed by atoms with E-state index in [1.807, 2.05) is 6.07 Å². The highest BCUT2D eigenvalue weighted by Crippen LogP contribution is 2.37. The average Bonchev–Trinajstić information content (AvgIpc) is 2.84. The van der Waals surface area contributed by atoms with E-state index < -0.39 is 0 Å². The lowest BCUT2D eigenvalue weighted by atomic mass is 10.0. The normalized spacial score (nSPS) is 19.6.